The third kappa shape index (κ3) is 1.67. The molecular formula is C14H18N2. The summed E-state index contributed by atoms with van der Waals surface area (Å²) in [5.74, 6) is 1.35. The van der Waals surface area contributed by atoms with Gasteiger partial charge in [-0.25, -0.2) is 0 Å². The molecule has 1 aromatic carbocycles. The second kappa shape index (κ2) is 4.02. The molecule has 0 aromatic heterocycles. The molecule has 1 N–H and O–H groups in total. The summed E-state index contributed by atoms with van der Waals surface area (Å²) >= 11 is 0. The molecule has 2 aliphatic heterocycles. The predicted molar refractivity (Wildman–Crippen MR) is 67.7 cm³/mol. The Bertz CT molecular complexity index is 417. The summed E-state index contributed by atoms with van der Waals surface area (Å²) in [4.78, 5) is 4.57. The van der Waals surface area contributed by atoms with Crippen molar-refractivity contribution in [3.63, 3.8) is 0 Å². The molecule has 1 aromatic rings. The van der Waals surface area contributed by atoms with E-state index in [1.165, 1.54) is 29.7 Å². The first-order valence-electron chi connectivity index (χ1n) is 6.20. The van der Waals surface area contributed by atoms with E-state index < -0.39 is 0 Å². The Balaban J connectivity index is 1.88. The van der Waals surface area contributed by atoms with Gasteiger partial charge >= 0.3 is 0 Å². The summed E-state index contributed by atoms with van der Waals surface area (Å²) in [6.07, 6.45) is 4.73. The summed E-state index contributed by atoms with van der Waals surface area (Å²) in [5.41, 5.74) is 3.95. The fourth-order valence-corrected chi connectivity index (χ4v) is 2.87. The van der Waals surface area contributed by atoms with E-state index in [2.05, 4.69) is 41.6 Å². The number of nitrogens with one attached hydrogen (secondary N) is 1. The van der Waals surface area contributed by atoms with Crippen LogP contribution in [0.5, 0.6) is 0 Å². The average molecular weight is 214 g/mol. The van der Waals surface area contributed by atoms with Crippen LogP contribution in [0.3, 0.4) is 0 Å². The van der Waals surface area contributed by atoms with Crippen LogP contribution < -0.4 is 5.32 Å². The number of aryl methyl sites for hydroxylation is 1. The summed E-state index contributed by atoms with van der Waals surface area (Å²) in [5, 5.41) is 3.43. The normalized spacial score (nSPS) is 24.7. The van der Waals surface area contributed by atoms with Gasteiger partial charge in [0.2, 0.25) is 0 Å². The van der Waals surface area contributed by atoms with Gasteiger partial charge in [-0.3, -0.25) is 4.99 Å². The number of aliphatic imine (C=N–C) groups is 1. The van der Waals surface area contributed by atoms with Gasteiger partial charge < -0.3 is 5.32 Å². The zero-order valence-electron chi connectivity index (χ0n) is 9.74. The number of rotatable bonds is 1. The van der Waals surface area contributed by atoms with Gasteiger partial charge in [-0.15, -0.1) is 0 Å². The molecule has 1 atom stereocenters. The van der Waals surface area contributed by atoms with Gasteiger partial charge in [-0.05, 0) is 56.0 Å². The van der Waals surface area contributed by atoms with Crippen LogP contribution in [-0.4, -0.2) is 19.3 Å². The highest BCUT2D eigenvalue weighted by Crippen LogP contribution is 2.39. The average Bonchev–Trinajstić information content (AvgIpc) is 2.73. The van der Waals surface area contributed by atoms with Crippen molar-refractivity contribution in [3.05, 3.63) is 29.3 Å². The maximum Gasteiger partial charge on any atom is 0.0667 e. The smallest absolute Gasteiger partial charge is 0.0667 e. The van der Waals surface area contributed by atoms with Crippen LogP contribution in [-0.2, 0) is 0 Å². The molecule has 3 rings (SSSR count). The molecule has 84 valence electrons. The third-order valence-corrected chi connectivity index (χ3v) is 3.81. The first-order valence-corrected chi connectivity index (χ1v) is 6.20. The lowest BCUT2D eigenvalue weighted by atomic mass is 9.81. The Morgan fingerprint density at radius 3 is 2.88 bits per heavy atom. The van der Waals surface area contributed by atoms with E-state index in [0.29, 0.717) is 5.92 Å². The highest BCUT2D eigenvalue weighted by molar-refractivity contribution is 5.81. The first-order chi connectivity index (χ1) is 7.84. The van der Waals surface area contributed by atoms with Crippen molar-refractivity contribution < 1.29 is 0 Å². The lowest BCUT2D eigenvalue weighted by Crippen LogP contribution is -2.30. The van der Waals surface area contributed by atoms with Crippen molar-refractivity contribution in [2.45, 2.75) is 25.7 Å². The number of benzene rings is 1. The number of hydrogen-bond acceptors (Lipinski definition) is 2. The summed E-state index contributed by atoms with van der Waals surface area (Å²) in [7, 11) is 0. The molecule has 2 aliphatic rings. The third-order valence-electron chi connectivity index (χ3n) is 3.81. The van der Waals surface area contributed by atoms with E-state index in [4.69, 9.17) is 0 Å². The zero-order chi connectivity index (χ0) is 11.0. The minimum atomic E-state index is 0.567. The molecule has 2 nitrogen and oxygen atoms in total. The zero-order valence-corrected chi connectivity index (χ0v) is 9.74. The molecule has 0 radical (unpaired) electrons. The maximum absolute atomic E-state index is 4.57. The van der Waals surface area contributed by atoms with Gasteiger partial charge in [0.05, 0.1) is 5.69 Å². The molecule has 1 saturated heterocycles. The quantitative estimate of drug-likeness (QED) is 0.763. The first kappa shape index (κ1) is 10.0. The molecule has 0 saturated carbocycles. The molecule has 0 spiro atoms. The molecule has 2 heteroatoms. The minimum absolute atomic E-state index is 0.567. The van der Waals surface area contributed by atoms with Gasteiger partial charge in [-0.2, -0.15) is 0 Å². The molecule has 0 amide bonds. The maximum atomic E-state index is 4.57. The van der Waals surface area contributed by atoms with Gasteiger partial charge in [0.25, 0.3) is 0 Å². The molecule has 0 unspecified atom stereocenters. The van der Waals surface area contributed by atoms with E-state index >= 15 is 0 Å². The Kier molecular flexibility index (Phi) is 2.52. The number of fused-ring (bicyclic) bond motifs is 1. The van der Waals surface area contributed by atoms with E-state index in [1.54, 1.807) is 0 Å². The SMILES string of the molecule is Cc1ccc2c(c1)N=C[C@@H]2C1CCNCC1. The van der Waals surface area contributed by atoms with E-state index in [1.807, 2.05) is 0 Å². The van der Waals surface area contributed by atoms with Crippen LogP contribution in [0.4, 0.5) is 5.69 Å². The molecule has 16 heavy (non-hydrogen) atoms. The minimum Gasteiger partial charge on any atom is -0.317 e. The van der Waals surface area contributed by atoms with Gasteiger partial charge in [0, 0.05) is 12.1 Å². The number of piperidine rings is 1. The highest BCUT2D eigenvalue weighted by Gasteiger charge is 2.28. The monoisotopic (exact) mass is 214 g/mol. The summed E-state index contributed by atoms with van der Waals surface area (Å²) in [6.45, 7) is 4.46. The Hall–Kier alpha value is -1.15. The van der Waals surface area contributed by atoms with Gasteiger partial charge in [0.15, 0.2) is 0 Å². The standard InChI is InChI=1S/C14H18N2/c1-10-2-3-12-13(9-16-14(12)8-10)11-4-6-15-7-5-11/h2-3,8-9,11,13,15H,4-7H2,1H3/t13-/m1/s1. The van der Waals surface area contributed by atoms with Crippen molar-refractivity contribution in [2.75, 3.05) is 13.1 Å². The van der Waals surface area contributed by atoms with Crippen LogP contribution in [0, 0.1) is 12.8 Å². The Labute approximate surface area is 96.8 Å². The number of nitrogens with zero attached hydrogens (tertiary/aromatic N) is 1. The molecule has 0 aliphatic carbocycles. The predicted octanol–water partition coefficient (Wildman–Crippen LogP) is 2.79. The van der Waals surface area contributed by atoms with Gasteiger partial charge in [-0.1, -0.05) is 12.1 Å². The van der Waals surface area contributed by atoms with E-state index in [9.17, 15) is 0 Å². The number of hydrogen-bond donors (Lipinski definition) is 1. The molecule has 0 bridgehead atoms. The van der Waals surface area contributed by atoms with Crippen LogP contribution >= 0.6 is 0 Å². The fourth-order valence-electron chi connectivity index (χ4n) is 2.87. The van der Waals surface area contributed by atoms with Crippen LogP contribution in [0.2, 0.25) is 0 Å². The van der Waals surface area contributed by atoms with Crippen molar-refractivity contribution in [1.29, 1.82) is 0 Å². The summed E-state index contributed by atoms with van der Waals surface area (Å²) < 4.78 is 0. The molecule has 1 fully saturated rings. The van der Waals surface area contributed by atoms with Crippen molar-refractivity contribution in [1.82, 2.24) is 5.32 Å². The highest BCUT2D eigenvalue weighted by atomic mass is 14.9. The lowest BCUT2D eigenvalue weighted by molar-refractivity contribution is 0.361. The molecule has 2 heterocycles. The van der Waals surface area contributed by atoms with Crippen molar-refractivity contribution >= 4 is 11.9 Å². The second-order valence-corrected chi connectivity index (χ2v) is 4.95. The van der Waals surface area contributed by atoms with Gasteiger partial charge in [0.1, 0.15) is 0 Å². The Morgan fingerprint density at radius 1 is 1.25 bits per heavy atom. The summed E-state index contributed by atoms with van der Waals surface area (Å²) in [6, 6.07) is 6.68. The van der Waals surface area contributed by atoms with Crippen LogP contribution in [0.25, 0.3) is 0 Å². The van der Waals surface area contributed by atoms with E-state index in [-0.39, 0.29) is 0 Å². The lowest BCUT2D eigenvalue weighted by Gasteiger charge is -2.27. The van der Waals surface area contributed by atoms with Crippen molar-refractivity contribution in [3.8, 4) is 0 Å². The Morgan fingerprint density at radius 2 is 2.06 bits per heavy atom. The fraction of sp³-hybridized carbons (Fsp3) is 0.500. The second-order valence-electron chi connectivity index (χ2n) is 4.95. The molecular weight excluding hydrogens is 196 g/mol. The van der Waals surface area contributed by atoms with Crippen LogP contribution in [0.1, 0.15) is 29.9 Å². The van der Waals surface area contributed by atoms with Crippen LogP contribution in [0.15, 0.2) is 23.2 Å². The largest absolute Gasteiger partial charge is 0.317 e. The van der Waals surface area contributed by atoms with E-state index in [0.717, 1.165) is 19.0 Å². The topological polar surface area (TPSA) is 24.4 Å². The van der Waals surface area contributed by atoms with Crippen molar-refractivity contribution in [2.24, 2.45) is 10.9 Å².